The second-order valence-electron chi connectivity index (χ2n) is 5.01. The van der Waals surface area contributed by atoms with Crippen LogP contribution in [-0.2, 0) is 0 Å². The van der Waals surface area contributed by atoms with Crippen LogP contribution in [0, 0.1) is 0 Å². The molecule has 0 saturated carbocycles. The minimum atomic E-state index is -1.00. The first-order chi connectivity index (χ1) is 7.92. The van der Waals surface area contributed by atoms with Crippen LogP contribution in [0.5, 0.6) is 0 Å². The van der Waals surface area contributed by atoms with Gasteiger partial charge in [0.05, 0.1) is 11.3 Å². The molecule has 5 heteroatoms. The lowest BCUT2D eigenvalue weighted by Crippen LogP contribution is -2.39. The maximum Gasteiger partial charge on any atom is 0.337 e. The summed E-state index contributed by atoms with van der Waals surface area (Å²) in [6.07, 6.45) is 3.56. The van der Waals surface area contributed by atoms with Crippen LogP contribution in [0.3, 0.4) is 0 Å². The Morgan fingerprint density at radius 1 is 1.59 bits per heavy atom. The first-order valence-electron chi connectivity index (χ1n) is 5.68. The molecule has 1 aromatic rings. The van der Waals surface area contributed by atoms with Gasteiger partial charge in [-0.1, -0.05) is 0 Å². The van der Waals surface area contributed by atoms with Crippen LogP contribution in [0.2, 0.25) is 0 Å². The highest BCUT2D eigenvalue weighted by Gasteiger charge is 2.33. The Kier molecular flexibility index (Phi) is 2.69. The Balaban J connectivity index is 2.37. The number of hydrogen-bond donors (Lipinski definition) is 2. The van der Waals surface area contributed by atoms with Gasteiger partial charge in [0.25, 0.3) is 0 Å². The first kappa shape index (κ1) is 11.7. The Morgan fingerprint density at radius 3 is 2.76 bits per heavy atom. The van der Waals surface area contributed by atoms with Gasteiger partial charge in [0, 0.05) is 18.3 Å². The SMILES string of the molecule is CC1(C)CCCN1c1ncc(C(=O)O)cc1N. The van der Waals surface area contributed by atoms with Crippen LogP contribution in [-0.4, -0.2) is 28.1 Å². The van der Waals surface area contributed by atoms with Gasteiger partial charge in [0.15, 0.2) is 5.82 Å². The molecule has 2 heterocycles. The minimum Gasteiger partial charge on any atom is -0.478 e. The number of hydrogen-bond acceptors (Lipinski definition) is 4. The van der Waals surface area contributed by atoms with E-state index < -0.39 is 5.97 Å². The quantitative estimate of drug-likeness (QED) is 0.816. The van der Waals surface area contributed by atoms with Gasteiger partial charge in [0.2, 0.25) is 0 Å². The summed E-state index contributed by atoms with van der Waals surface area (Å²) in [6.45, 7) is 5.20. The molecule has 1 aromatic heterocycles. The van der Waals surface area contributed by atoms with E-state index >= 15 is 0 Å². The number of rotatable bonds is 2. The summed E-state index contributed by atoms with van der Waals surface area (Å²) in [7, 11) is 0. The van der Waals surface area contributed by atoms with E-state index in [4.69, 9.17) is 10.8 Å². The fourth-order valence-corrected chi connectivity index (χ4v) is 2.32. The van der Waals surface area contributed by atoms with E-state index in [2.05, 4.69) is 23.7 Å². The molecule has 1 fully saturated rings. The van der Waals surface area contributed by atoms with Crippen molar-refractivity contribution < 1.29 is 9.90 Å². The Bertz CT molecular complexity index is 457. The number of carboxylic acid groups (broad SMARTS) is 1. The number of aromatic nitrogens is 1. The zero-order valence-corrected chi connectivity index (χ0v) is 10.1. The van der Waals surface area contributed by atoms with Crippen molar-refractivity contribution in [2.45, 2.75) is 32.2 Å². The minimum absolute atomic E-state index is 0.0336. The lowest BCUT2D eigenvalue weighted by molar-refractivity contribution is 0.0696. The molecule has 0 atom stereocenters. The Hall–Kier alpha value is -1.78. The predicted octanol–water partition coefficient (Wildman–Crippen LogP) is 1.74. The molecular formula is C12H17N3O2. The fourth-order valence-electron chi connectivity index (χ4n) is 2.32. The van der Waals surface area contributed by atoms with Gasteiger partial charge in [-0.3, -0.25) is 0 Å². The number of carbonyl (C=O) groups is 1. The van der Waals surface area contributed by atoms with Crippen molar-refractivity contribution >= 4 is 17.5 Å². The molecule has 0 amide bonds. The van der Waals surface area contributed by atoms with E-state index in [1.165, 1.54) is 12.3 Å². The third kappa shape index (κ3) is 2.05. The molecule has 92 valence electrons. The first-order valence-corrected chi connectivity index (χ1v) is 5.68. The van der Waals surface area contributed by atoms with Gasteiger partial charge in [-0.15, -0.1) is 0 Å². The molecule has 1 aliphatic rings. The van der Waals surface area contributed by atoms with Crippen LogP contribution >= 0.6 is 0 Å². The van der Waals surface area contributed by atoms with Gasteiger partial charge in [-0.2, -0.15) is 0 Å². The van der Waals surface area contributed by atoms with Gasteiger partial charge >= 0.3 is 5.97 Å². The zero-order chi connectivity index (χ0) is 12.6. The standard InChI is InChI=1S/C12H17N3O2/c1-12(2)4-3-5-15(12)10-9(13)6-8(7-14-10)11(16)17/h6-7H,3-5,13H2,1-2H3,(H,16,17). The highest BCUT2D eigenvalue weighted by Crippen LogP contribution is 2.35. The molecule has 17 heavy (non-hydrogen) atoms. The summed E-state index contributed by atoms with van der Waals surface area (Å²) in [6, 6.07) is 1.47. The predicted molar refractivity (Wildman–Crippen MR) is 66.3 cm³/mol. The van der Waals surface area contributed by atoms with Crippen molar-refractivity contribution in [3.63, 3.8) is 0 Å². The summed E-state index contributed by atoms with van der Waals surface area (Å²) in [5, 5.41) is 8.86. The van der Waals surface area contributed by atoms with Crippen LogP contribution in [0.25, 0.3) is 0 Å². The number of anilines is 2. The Labute approximate surface area is 100 Å². The molecule has 0 aromatic carbocycles. The molecule has 0 radical (unpaired) electrons. The molecule has 1 aliphatic heterocycles. The second kappa shape index (κ2) is 3.91. The van der Waals surface area contributed by atoms with Crippen molar-refractivity contribution in [3.05, 3.63) is 17.8 Å². The van der Waals surface area contributed by atoms with E-state index in [1.807, 2.05) is 0 Å². The van der Waals surface area contributed by atoms with Gasteiger partial charge < -0.3 is 15.7 Å². The van der Waals surface area contributed by atoms with Crippen LogP contribution in [0.4, 0.5) is 11.5 Å². The Morgan fingerprint density at radius 2 is 2.29 bits per heavy atom. The largest absolute Gasteiger partial charge is 0.478 e. The monoisotopic (exact) mass is 235 g/mol. The van der Waals surface area contributed by atoms with Crippen molar-refractivity contribution in [1.82, 2.24) is 4.98 Å². The van der Waals surface area contributed by atoms with Crippen molar-refractivity contribution in [3.8, 4) is 0 Å². The topological polar surface area (TPSA) is 79.5 Å². The third-order valence-corrected chi connectivity index (χ3v) is 3.30. The molecule has 0 bridgehead atoms. The van der Waals surface area contributed by atoms with Crippen molar-refractivity contribution in [1.29, 1.82) is 0 Å². The van der Waals surface area contributed by atoms with E-state index in [0.29, 0.717) is 11.5 Å². The van der Waals surface area contributed by atoms with E-state index in [0.717, 1.165) is 19.4 Å². The molecule has 0 unspecified atom stereocenters. The van der Waals surface area contributed by atoms with Crippen molar-refractivity contribution in [2.75, 3.05) is 17.2 Å². The summed E-state index contributed by atoms with van der Waals surface area (Å²) >= 11 is 0. The second-order valence-corrected chi connectivity index (χ2v) is 5.01. The lowest BCUT2D eigenvalue weighted by Gasteiger charge is -2.33. The molecule has 3 N–H and O–H groups in total. The van der Waals surface area contributed by atoms with Gasteiger partial charge in [0.1, 0.15) is 0 Å². The van der Waals surface area contributed by atoms with Crippen molar-refractivity contribution in [2.24, 2.45) is 0 Å². The van der Waals surface area contributed by atoms with Crippen LogP contribution in [0.1, 0.15) is 37.0 Å². The summed E-state index contributed by atoms with van der Waals surface area (Å²) < 4.78 is 0. The number of nitrogen functional groups attached to an aromatic ring is 1. The van der Waals surface area contributed by atoms with Crippen LogP contribution in [0.15, 0.2) is 12.3 Å². The molecule has 0 aliphatic carbocycles. The number of nitrogens with two attached hydrogens (primary N) is 1. The summed E-state index contributed by atoms with van der Waals surface area (Å²) in [5.74, 6) is -0.311. The highest BCUT2D eigenvalue weighted by molar-refractivity contribution is 5.89. The molecule has 2 rings (SSSR count). The average molecular weight is 235 g/mol. The third-order valence-electron chi connectivity index (χ3n) is 3.30. The molecular weight excluding hydrogens is 218 g/mol. The van der Waals surface area contributed by atoms with E-state index in [-0.39, 0.29) is 11.1 Å². The maximum absolute atomic E-state index is 10.8. The van der Waals surface area contributed by atoms with E-state index in [1.54, 1.807) is 0 Å². The maximum atomic E-state index is 10.8. The summed E-state index contributed by atoms with van der Waals surface area (Å²) in [5.41, 5.74) is 6.48. The number of nitrogens with zero attached hydrogens (tertiary/aromatic N) is 2. The average Bonchev–Trinajstić information content (AvgIpc) is 2.58. The summed E-state index contributed by atoms with van der Waals surface area (Å²) in [4.78, 5) is 17.1. The molecule has 1 saturated heterocycles. The number of carboxylic acids is 1. The van der Waals surface area contributed by atoms with E-state index in [9.17, 15) is 4.79 Å². The normalized spacial score (nSPS) is 18.4. The number of aromatic carboxylic acids is 1. The van der Waals surface area contributed by atoms with Gasteiger partial charge in [-0.25, -0.2) is 9.78 Å². The highest BCUT2D eigenvalue weighted by atomic mass is 16.4. The molecule has 5 nitrogen and oxygen atoms in total. The zero-order valence-electron chi connectivity index (χ0n) is 10.1. The van der Waals surface area contributed by atoms with Gasteiger partial charge in [-0.05, 0) is 32.8 Å². The smallest absolute Gasteiger partial charge is 0.337 e. The lowest BCUT2D eigenvalue weighted by atomic mass is 10.0. The fraction of sp³-hybridized carbons (Fsp3) is 0.500. The number of pyridine rings is 1. The van der Waals surface area contributed by atoms with Crippen LogP contribution < -0.4 is 10.6 Å². The molecule has 0 spiro atoms.